The van der Waals surface area contributed by atoms with E-state index in [4.69, 9.17) is 4.11 Å². The molecule has 0 aliphatic carbocycles. The highest BCUT2D eigenvalue weighted by molar-refractivity contribution is 7.00. The number of nitrogens with zero attached hydrogens (tertiary/aromatic N) is 4. The highest BCUT2D eigenvalue weighted by Crippen LogP contribution is 2.31. The number of aromatic nitrogens is 4. The minimum atomic E-state index is -2.21. The van der Waals surface area contributed by atoms with Gasteiger partial charge in [-0.15, -0.1) is 0 Å². The van der Waals surface area contributed by atoms with Gasteiger partial charge < -0.3 is 0 Å². The van der Waals surface area contributed by atoms with Gasteiger partial charge in [0.1, 0.15) is 25.1 Å². The lowest BCUT2D eigenvalue weighted by Gasteiger charge is -2.24. The molecule has 3 aromatic heterocycles. The monoisotopic (exact) mass is 568 g/mol. The molecule has 0 aliphatic heterocycles. The van der Waals surface area contributed by atoms with Crippen LogP contribution < -0.4 is 14.9 Å². The van der Waals surface area contributed by atoms with Crippen LogP contribution in [-0.2, 0) is 5.54 Å². The second kappa shape index (κ2) is 9.53. The van der Waals surface area contributed by atoms with Gasteiger partial charge in [0.25, 0.3) is 0 Å². The van der Waals surface area contributed by atoms with Crippen LogP contribution in [0.25, 0.3) is 44.3 Å². The highest BCUT2D eigenvalue weighted by atomic mass is 28.3. The molecular formula is C37H37N4Si+. The Bertz CT molecular complexity index is 2240. The third kappa shape index (κ3) is 4.19. The maximum Gasteiger partial charge on any atom is 0.250 e. The van der Waals surface area contributed by atoms with E-state index in [1.54, 1.807) is 18.3 Å². The number of hydrogen-bond donors (Lipinski definition) is 0. The number of imidazole rings is 1. The quantitative estimate of drug-likeness (QED) is 0.162. The van der Waals surface area contributed by atoms with Gasteiger partial charge in [-0.25, -0.2) is 9.55 Å². The Hall–Kier alpha value is -4.48. The molecular weight excluding hydrogens is 529 g/mol. The van der Waals surface area contributed by atoms with Crippen molar-refractivity contribution in [1.82, 2.24) is 14.1 Å². The number of pyridine rings is 1. The summed E-state index contributed by atoms with van der Waals surface area (Å²) in [5.74, 6) is 0.611. The van der Waals surface area contributed by atoms with E-state index in [-0.39, 0.29) is 11.1 Å². The topological polar surface area (TPSA) is 26.6 Å². The fraction of sp³-hybridized carbons (Fsp3) is 0.189. The minimum Gasteiger partial charge on any atom is -0.294 e. The molecule has 7 rings (SSSR count). The van der Waals surface area contributed by atoms with Crippen LogP contribution in [0.2, 0.25) is 13.1 Å². The van der Waals surface area contributed by atoms with Crippen molar-refractivity contribution in [3.63, 3.8) is 0 Å². The van der Waals surface area contributed by atoms with Crippen LogP contribution in [0.1, 0.15) is 30.4 Å². The van der Waals surface area contributed by atoms with Crippen LogP contribution in [-0.4, -0.2) is 22.2 Å². The Kier molecular flexibility index (Phi) is 5.25. The molecule has 0 saturated heterocycles. The molecule has 0 saturated carbocycles. The summed E-state index contributed by atoms with van der Waals surface area (Å²) >= 11 is 0. The van der Waals surface area contributed by atoms with E-state index >= 15 is 0 Å². The first-order valence-corrected chi connectivity index (χ1v) is 17.5. The number of rotatable bonds is 4. The van der Waals surface area contributed by atoms with Gasteiger partial charge in [0.05, 0.1) is 11.0 Å². The van der Waals surface area contributed by atoms with E-state index in [9.17, 15) is 0 Å². The van der Waals surface area contributed by atoms with Gasteiger partial charge in [-0.05, 0) is 81.7 Å². The average Bonchev–Trinajstić information content (AvgIpc) is 3.57. The molecule has 0 bridgehead atoms. The lowest BCUT2D eigenvalue weighted by Crippen LogP contribution is -2.53. The van der Waals surface area contributed by atoms with Crippen molar-refractivity contribution in [2.45, 2.75) is 46.3 Å². The van der Waals surface area contributed by atoms with E-state index in [1.165, 1.54) is 21.4 Å². The van der Waals surface area contributed by atoms with E-state index < -0.39 is 14.9 Å². The Balaban J connectivity index is 1.39. The Labute approximate surface area is 252 Å². The maximum atomic E-state index is 7.99. The third-order valence-corrected chi connectivity index (χ3v) is 12.1. The molecule has 4 aromatic carbocycles. The van der Waals surface area contributed by atoms with Crippen LogP contribution in [0, 0.1) is 6.85 Å². The van der Waals surface area contributed by atoms with Crippen LogP contribution in [0.3, 0.4) is 0 Å². The second-order valence-electron chi connectivity index (χ2n) is 12.7. The number of aryl methyl sites for hydroxylation is 1. The van der Waals surface area contributed by atoms with Gasteiger partial charge in [-0.1, -0.05) is 78.1 Å². The molecule has 0 radical (unpaired) electrons. The van der Waals surface area contributed by atoms with Crippen molar-refractivity contribution in [3.8, 4) is 11.5 Å². The molecule has 7 aromatic rings. The predicted molar refractivity (Wildman–Crippen MR) is 179 cm³/mol. The molecule has 0 atom stereocenters. The molecule has 0 aliphatic rings. The van der Waals surface area contributed by atoms with Gasteiger partial charge >= 0.3 is 0 Å². The summed E-state index contributed by atoms with van der Waals surface area (Å²) in [5, 5.41) is 4.88. The Morgan fingerprint density at radius 2 is 1.48 bits per heavy atom. The van der Waals surface area contributed by atoms with Gasteiger partial charge in [0.15, 0.2) is 11.0 Å². The van der Waals surface area contributed by atoms with Crippen molar-refractivity contribution in [1.29, 1.82) is 0 Å². The number of fused-ring (bicyclic) bond motifs is 4. The molecule has 0 N–H and O–H groups in total. The SMILES string of the molecule is [2H]C([2H])([2H])c1ccnc(-n2c3ccccc3c3ccc([Si](C)(C)c4cccc(-n5c[n+](C(C)(C)C)c6ccccc65)c4)cc32)c1. The summed E-state index contributed by atoms with van der Waals surface area (Å²) in [6.07, 6.45) is 3.82. The fourth-order valence-electron chi connectivity index (χ4n) is 6.21. The van der Waals surface area contributed by atoms with Crippen molar-refractivity contribution in [2.75, 3.05) is 0 Å². The van der Waals surface area contributed by atoms with Crippen molar-refractivity contribution in [3.05, 3.63) is 121 Å². The zero-order chi connectivity index (χ0) is 31.7. The van der Waals surface area contributed by atoms with Gasteiger partial charge in [0, 0.05) is 21.1 Å². The third-order valence-electron chi connectivity index (χ3n) is 8.57. The minimum absolute atomic E-state index is 0.0534. The molecule has 4 nitrogen and oxygen atoms in total. The highest BCUT2D eigenvalue weighted by Gasteiger charge is 2.30. The number of para-hydroxylation sites is 3. The van der Waals surface area contributed by atoms with E-state index in [0.29, 0.717) is 5.82 Å². The first-order valence-electron chi connectivity index (χ1n) is 16.0. The molecule has 208 valence electrons. The number of hydrogen-bond acceptors (Lipinski definition) is 1. The molecule has 3 heterocycles. The van der Waals surface area contributed by atoms with Crippen LogP contribution in [0.4, 0.5) is 0 Å². The maximum absolute atomic E-state index is 7.99. The van der Waals surface area contributed by atoms with Gasteiger partial charge in [-0.2, -0.15) is 4.57 Å². The fourth-order valence-corrected chi connectivity index (χ4v) is 8.56. The smallest absolute Gasteiger partial charge is 0.250 e. The number of benzene rings is 4. The van der Waals surface area contributed by atoms with Gasteiger partial charge in [0.2, 0.25) is 6.33 Å². The predicted octanol–water partition coefficient (Wildman–Crippen LogP) is 7.30. The zero-order valence-corrected chi connectivity index (χ0v) is 25.8. The summed E-state index contributed by atoms with van der Waals surface area (Å²) in [6, 6.07) is 35.9. The summed E-state index contributed by atoms with van der Waals surface area (Å²) in [5.41, 5.74) is 5.81. The summed E-state index contributed by atoms with van der Waals surface area (Å²) in [4.78, 5) is 4.65. The first kappa shape index (κ1) is 23.1. The molecule has 0 spiro atoms. The molecule has 5 heteroatoms. The summed E-state index contributed by atoms with van der Waals surface area (Å²) in [6.45, 7) is 9.30. The van der Waals surface area contributed by atoms with Crippen LogP contribution >= 0.6 is 0 Å². The van der Waals surface area contributed by atoms with Gasteiger partial charge in [-0.3, -0.25) is 4.57 Å². The molecule has 0 fully saturated rings. The van der Waals surface area contributed by atoms with E-state index in [2.05, 4.69) is 138 Å². The second-order valence-corrected chi connectivity index (χ2v) is 17.1. The Morgan fingerprint density at radius 1 is 0.738 bits per heavy atom. The first-order chi connectivity index (χ1) is 21.3. The standard InChI is InChI=1S/C37H37N4Si/c1-26-20-21-38-36(22-26)41-32-15-8-7-14-30(32)31-19-18-29(24-35(31)41)42(5,6)28-13-11-12-27(23-28)39-25-40(37(2,3)4)34-17-10-9-16-33(34)39/h7-25H,1-6H3/q+1/i1D3. The lowest BCUT2D eigenvalue weighted by atomic mass is 10.1. The average molecular weight is 569 g/mol. The normalized spacial score (nSPS) is 13.9. The Morgan fingerprint density at radius 3 is 2.29 bits per heavy atom. The van der Waals surface area contributed by atoms with E-state index in [0.717, 1.165) is 27.5 Å². The van der Waals surface area contributed by atoms with Crippen molar-refractivity contribution in [2.24, 2.45) is 0 Å². The van der Waals surface area contributed by atoms with Crippen LogP contribution in [0.5, 0.6) is 0 Å². The summed E-state index contributed by atoms with van der Waals surface area (Å²) < 4.78 is 30.7. The largest absolute Gasteiger partial charge is 0.294 e. The summed E-state index contributed by atoms with van der Waals surface area (Å²) in [7, 11) is -2.19. The van der Waals surface area contributed by atoms with Crippen LogP contribution in [0.15, 0.2) is 116 Å². The van der Waals surface area contributed by atoms with E-state index in [1.807, 2.05) is 12.1 Å². The molecule has 42 heavy (non-hydrogen) atoms. The molecule has 0 unspecified atom stereocenters. The lowest BCUT2D eigenvalue weighted by molar-refractivity contribution is -0.731. The van der Waals surface area contributed by atoms with Crippen molar-refractivity contribution >= 4 is 51.3 Å². The molecule has 0 amide bonds. The zero-order valence-electron chi connectivity index (χ0n) is 27.8. The van der Waals surface area contributed by atoms with Crippen molar-refractivity contribution < 1.29 is 8.68 Å².